The highest BCUT2D eigenvalue weighted by Crippen LogP contribution is 2.16. The van der Waals surface area contributed by atoms with Crippen LogP contribution in [-0.4, -0.2) is 21.5 Å². The van der Waals surface area contributed by atoms with Crippen LogP contribution in [0.3, 0.4) is 0 Å². The van der Waals surface area contributed by atoms with Crippen LogP contribution in [0.5, 0.6) is 0 Å². The van der Waals surface area contributed by atoms with Crippen molar-refractivity contribution < 1.29 is 9.59 Å². The second kappa shape index (κ2) is 8.67. The second-order valence-electron chi connectivity index (χ2n) is 6.59. The first kappa shape index (κ1) is 19.6. The fourth-order valence-corrected chi connectivity index (χ4v) is 2.67. The quantitative estimate of drug-likeness (QED) is 0.458. The summed E-state index contributed by atoms with van der Waals surface area (Å²) in [4.78, 5) is 24.6. The number of benzene rings is 2. The largest absolute Gasteiger partial charge is 0.322 e. The van der Waals surface area contributed by atoms with Gasteiger partial charge in [0, 0.05) is 28.5 Å². The Kier molecular flexibility index (Phi) is 6.06. The van der Waals surface area contributed by atoms with E-state index in [1.807, 2.05) is 26.0 Å². The summed E-state index contributed by atoms with van der Waals surface area (Å²) >= 11 is 5.85. The third-order valence-corrected chi connectivity index (χ3v) is 4.35. The lowest BCUT2D eigenvalue weighted by molar-refractivity contribution is 0.102. The van der Waals surface area contributed by atoms with E-state index in [4.69, 9.17) is 11.6 Å². The van der Waals surface area contributed by atoms with Crippen molar-refractivity contribution in [3.63, 3.8) is 0 Å². The Bertz CT molecular complexity index is 1020. The van der Waals surface area contributed by atoms with Crippen molar-refractivity contribution in [2.75, 3.05) is 5.32 Å². The number of hydrogen-bond donors (Lipinski definition) is 1. The van der Waals surface area contributed by atoms with Gasteiger partial charge >= 0.3 is 0 Å². The van der Waals surface area contributed by atoms with Crippen LogP contribution in [0.4, 0.5) is 5.69 Å². The van der Waals surface area contributed by atoms with Gasteiger partial charge in [-0.2, -0.15) is 5.10 Å². The average molecular weight is 394 g/mol. The fourth-order valence-electron chi connectivity index (χ4n) is 2.54. The van der Waals surface area contributed by atoms with E-state index in [1.54, 1.807) is 59.5 Å². The molecule has 0 saturated carbocycles. The predicted molar refractivity (Wildman–Crippen MR) is 112 cm³/mol. The maximum Gasteiger partial charge on any atom is 0.255 e. The topological polar surface area (TPSA) is 64.0 Å². The summed E-state index contributed by atoms with van der Waals surface area (Å²) in [5.74, 6) is -0.350. The number of carbonyl (C=O) groups is 2. The number of carbonyl (C=O) groups excluding carboxylic acids is 2. The minimum atomic E-state index is -0.227. The highest BCUT2D eigenvalue weighted by Gasteiger charge is 2.08. The predicted octanol–water partition coefficient (Wildman–Crippen LogP) is 5.27. The van der Waals surface area contributed by atoms with Gasteiger partial charge < -0.3 is 5.32 Å². The molecule has 0 aliphatic rings. The molecule has 0 saturated heterocycles. The zero-order chi connectivity index (χ0) is 20.1. The number of aromatic nitrogens is 2. The molecular formula is C22H20ClN3O2. The summed E-state index contributed by atoms with van der Waals surface area (Å²) in [5, 5.41) is 7.59. The number of anilines is 1. The highest BCUT2D eigenvalue weighted by molar-refractivity contribution is 6.30. The Morgan fingerprint density at radius 2 is 1.86 bits per heavy atom. The average Bonchev–Trinajstić information content (AvgIpc) is 3.17. The van der Waals surface area contributed by atoms with Crippen LogP contribution in [0, 0.1) is 0 Å². The summed E-state index contributed by atoms with van der Waals surface area (Å²) in [6, 6.07) is 14.1. The fraction of sp³-hybridized carbons (Fsp3) is 0.136. The SMILES string of the molecule is CC(C)n1cc(C(=O)/C=C/c2cccc(NC(=O)c3ccc(Cl)cc3)c2)cn1. The van der Waals surface area contributed by atoms with Gasteiger partial charge in [0.05, 0.1) is 11.8 Å². The molecule has 0 bridgehead atoms. The van der Waals surface area contributed by atoms with E-state index >= 15 is 0 Å². The molecule has 1 aromatic heterocycles. The number of ketones is 1. The first-order chi connectivity index (χ1) is 13.4. The van der Waals surface area contributed by atoms with Crippen molar-refractivity contribution in [2.45, 2.75) is 19.9 Å². The molecule has 0 atom stereocenters. The highest BCUT2D eigenvalue weighted by atomic mass is 35.5. The van der Waals surface area contributed by atoms with Gasteiger partial charge in [-0.05, 0) is 61.9 Å². The lowest BCUT2D eigenvalue weighted by Crippen LogP contribution is -2.11. The molecule has 1 N–H and O–H groups in total. The summed E-state index contributed by atoms with van der Waals surface area (Å²) < 4.78 is 1.74. The number of hydrogen-bond acceptors (Lipinski definition) is 3. The van der Waals surface area contributed by atoms with Crippen molar-refractivity contribution in [1.82, 2.24) is 9.78 Å². The van der Waals surface area contributed by atoms with E-state index in [0.29, 0.717) is 21.8 Å². The molecule has 3 aromatic rings. The molecular weight excluding hydrogens is 374 g/mol. The third-order valence-electron chi connectivity index (χ3n) is 4.09. The summed E-state index contributed by atoms with van der Waals surface area (Å²) in [6.45, 7) is 4.00. The molecule has 5 nitrogen and oxygen atoms in total. The van der Waals surface area contributed by atoms with Crippen LogP contribution < -0.4 is 5.32 Å². The Labute approximate surface area is 168 Å². The van der Waals surface area contributed by atoms with Crippen molar-refractivity contribution in [3.8, 4) is 0 Å². The van der Waals surface area contributed by atoms with Gasteiger partial charge in [-0.25, -0.2) is 0 Å². The maximum absolute atomic E-state index is 12.3. The molecule has 0 aliphatic heterocycles. The molecule has 2 aromatic carbocycles. The van der Waals surface area contributed by atoms with Crippen LogP contribution in [0.25, 0.3) is 6.08 Å². The number of halogens is 1. The Morgan fingerprint density at radius 3 is 2.54 bits per heavy atom. The van der Waals surface area contributed by atoms with Crippen LogP contribution >= 0.6 is 11.6 Å². The minimum Gasteiger partial charge on any atom is -0.322 e. The minimum absolute atomic E-state index is 0.123. The van der Waals surface area contributed by atoms with Crippen molar-refractivity contribution >= 4 is 35.1 Å². The van der Waals surface area contributed by atoms with Crippen LogP contribution in [0.2, 0.25) is 5.02 Å². The Balaban J connectivity index is 1.68. The molecule has 0 unspecified atom stereocenters. The molecule has 0 fully saturated rings. The molecule has 0 radical (unpaired) electrons. The Morgan fingerprint density at radius 1 is 1.11 bits per heavy atom. The lowest BCUT2D eigenvalue weighted by Gasteiger charge is -2.06. The van der Waals surface area contributed by atoms with Gasteiger partial charge in [-0.1, -0.05) is 29.8 Å². The number of amides is 1. The molecule has 3 rings (SSSR count). The normalized spacial score (nSPS) is 11.1. The lowest BCUT2D eigenvalue weighted by atomic mass is 10.1. The van der Waals surface area contributed by atoms with Gasteiger partial charge in [0.1, 0.15) is 0 Å². The zero-order valence-corrected chi connectivity index (χ0v) is 16.4. The van der Waals surface area contributed by atoms with E-state index < -0.39 is 0 Å². The van der Waals surface area contributed by atoms with Gasteiger partial charge in [-0.3, -0.25) is 14.3 Å². The van der Waals surface area contributed by atoms with Gasteiger partial charge in [0.2, 0.25) is 0 Å². The molecule has 142 valence electrons. The van der Waals surface area contributed by atoms with Crippen molar-refractivity contribution in [3.05, 3.63) is 88.7 Å². The van der Waals surface area contributed by atoms with Crippen LogP contribution in [-0.2, 0) is 0 Å². The molecule has 28 heavy (non-hydrogen) atoms. The summed E-state index contributed by atoms with van der Waals surface area (Å²) in [5.41, 5.74) is 2.50. The molecule has 6 heteroatoms. The summed E-state index contributed by atoms with van der Waals surface area (Å²) in [7, 11) is 0. The second-order valence-corrected chi connectivity index (χ2v) is 7.02. The van der Waals surface area contributed by atoms with Gasteiger partial charge in [-0.15, -0.1) is 0 Å². The monoisotopic (exact) mass is 393 g/mol. The van der Waals surface area contributed by atoms with Gasteiger partial charge in [0.15, 0.2) is 5.78 Å². The molecule has 0 spiro atoms. The van der Waals surface area contributed by atoms with Crippen LogP contribution in [0.1, 0.15) is 46.2 Å². The van der Waals surface area contributed by atoms with E-state index in [1.165, 1.54) is 6.08 Å². The number of allylic oxidation sites excluding steroid dienone is 1. The molecule has 1 heterocycles. The first-order valence-electron chi connectivity index (χ1n) is 8.86. The third kappa shape index (κ3) is 4.96. The van der Waals surface area contributed by atoms with E-state index in [0.717, 1.165) is 5.56 Å². The van der Waals surface area contributed by atoms with E-state index in [2.05, 4.69) is 10.4 Å². The van der Waals surface area contributed by atoms with Crippen molar-refractivity contribution in [1.29, 1.82) is 0 Å². The smallest absolute Gasteiger partial charge is 0.255 e. The van der Waals surface area contributed by atoms with Gasteiger partial charge in [0.25, 0.3) is 5.91 Å². The molecule has 1 amide bonds. The van der Waals surface area contributed by atoms with E-state index in [-0.39, 0.29) is 17.7 Å². The Hall–Kier alpha value is -3.18. The zero-order valence-electron chi connectivity index (χ0n) is 15.6. The standard InChI is InChI=1S/C22H20ClN3O2/c1-15(2)26-14-18(13-24-26)21(27)11-6-16-4-3-5-20(12-16)25-22(28)17-7-9-19(23)10-8-17/h3-15H,1-2H3,(H,25,28)/b11-6+. The van der Waals surface area contributed by atoms with Crippen molar-refractivity contribution in [2.24, 2.45) is 0 Å². The van der Waals surface area contributed by atoms with Crippen LogP contribution in [0.15, 0.2) is 67.0 Å². The number of rotatable bonds is 6. The summed E-state index contributed by atoms with van der Waals surface area (Å²) in [6.07, 6.45) is 6.52. The maximum atomic E-state index is 12.3. The van der Waals surface area contributed by atoms with E-state index in [9.17, 15) is 9.59 Å². The molecule has 0 aliphatic carbocycles. The first-order valence-corrected chi connectivity index (χ1v) is 9.24. The number of nitrogens with one attached hydrogen (secondary N) is 1. The number of nitrogens with zero attached hydrogens (tertiary/aromatic N) is 2.